The normalized spacial score (nSPS) is 15.8. The van der Waals surface area contributed by atoms with Crippen LogP contribution >= 0.6 is 0 Å². The van der Waals surface area contributed by atoms with Crippen LogP contribution in [-0.2, 0) is 0 Å². The van der Waals surface area contributed by atoms with E-state index < -0.39 is 0 Å². The SMILES string of the molecule is CC.CC1=CC=C(C(C)CCO)CC=C1.O. The van der Waals surface area contributed by atoms with Crippen LogP contribution in [0.3, 0.4) is 0 Å². The molecule has 16 heavy (non-hydrogen) atoms. The first-order valence-electron chi connectivity index (χ1n) is 5.88. The van der Waals surface area contributed by atoms with Gasteiger partial charge in [0, 0.05) is 6.61 Å². The molecule has 3 N–H and O–H groups in total. The van der Waals surface area contributed by atoms with Crippen molar-refractivity contribution in [2.45, 2.75) is 40.5 Å². The summed E-state index contributed by atoms with van der Waals surface area (Å²) >= 11 is 0. The second-order valence-electron chi connectivity index (χ2n) is 3.67. The van der Waals surface area contributed by atoms with Crippen molar-refractivity contribution in [2.75, 3.05) is 6.61 Å². The van der Waals surface area contributed by atoms with Crippen LogP contribution < -0.4 is 0 Å². The number of aliphatic hydroxyl groups is 1. The lowest BCUT2D eigenvalue weighted by Gasteiger charge is -2.11. The van der Waals surface area contributed by atoms with Crippen molar-refractivity contribution in [3.8, 4) is 0 Å². The molecule has 1 atom stereocenters. The molecule has 0 saturated carbocycles. The molecule has 0 saturated heterocycles. The third-order valence-corrected chi connectivity index (χ3v) is 2.49. The van der Waals surface area contributed by atoms with E-state index in [9.17, 15) is 0 Å². The summed E-state index contributed by atoms with van der Waals surface area (Å²) in [7, 11) is 0. The highest BCUT2D eigenvalue weighted by Crippen LogP contribution is 2.21. The molecule has 0 aromatic rings. The van der Waals surface area contributed by atoms with Gasteiger partial charge in [0.1, 0.15) is 0 Å². The van der Waals surface area contributed by atoms with Gasteiger partial charge in [0.25, 0.3) is 0 Å². The van der Waals surface area contributed by atoms with Crippen molar-refractivity contribution in [1.82, 2.24) is 0 Å². The number of aliphatic hydroxyl groups excluding tert-OH is 1. The zero-order chi connectivity index (χ0) is 11.7. The molecule has 1 rings (SSSR count). The van der Waals surface area contributed by atoms with Crippen molar-refractivity contribution in [2.24, 2.45) is 5.92 Å². The summed E-state index contributed by atoms with van der Waals surface area (Å²) in [5, 5.41) is 8.83. The van der Waals surface area contributed by atoms with Crippen LogP contribution in [0.4, 0.5) is 0 Å². The summed E-state index contributed by atoms with van der Waals surface area (Å²) < 4.78 is 0. The maximum Gasteiger partial charge on any atom is 0.0436 e. The van der Waals surface area contributed by atoms with E-state index in [0.717, 1.165) is 12.8 Å². The maximum absolute atomic E-state index is 8.83. The Morgan fingerprint density at radius 2 is 1.94 bits per heavy atom. The van der Waals surface area contributed by atoms with E-state index in [0.29, 0.717) is 5.92 Å². The average Bonchev–Trinajstić information content (AvgIpc) is 2.46. The van der Waals surface area contributed by atoms with E-state index in [1.54, 1.807) is 0 Å². The number of hydrogen-bond acceptors (Lipinski definition) is 1. The monoisotopic (exact) mass is 226 g/mol. The lowest BCUT2D eigenvalue weighted by molar-refractivity contribution is 0.271. The minimum Gasteiger partial charge on any atom is -0.412 e. The molecule has 0 fully saturated rings. The zero-order valence-corrected chi connectivity index (χ0v) is 11.0. The smallest absolute Gasteiger partial charge is 0.0436 e. The van der Waals surface area contributed by atoms with Gasteiger partial charge >= 0.3 is 0 Å². The highest BCUT2D eigenvalue weighted by atomic mass is 16.3. The second-order valence-corrected chi connectivity index (χ2v) is 3.67. The van der Waals surface area contributed by atoms with Crippen molar-refractivity contribution >= 4 is 0 Å². The van der Waals surface area contributed by atoms with Crippen LogP contribution in [0.1, 0.15) is 40.5 Å². The van der Waals surface area contributed by atoms with E-state index in [-0.39, 0.29) is 12.1 Å². The van der Waals surface area contributed by atoms with Crippen LogP contribution in [0.5, 0.6) is 0 Å². The molecule has 0 heterocycles. The Hall–Kier alpha value is -0.860. The zero-order valence-electron chi connectivity index (χ0n) is 11.0. The molecule has 0 aromatic heterocycles. The van der Waals surface area contributed by atoms with Gasteiger partial charge in [-0.2, -0.15) is 0 Å². The predicted octanol–water partition coefficient (Wildman–Crippen LogP) is 3.04. The average molecular weight is 226 g/mol. The Bertz CT molecular complexity index is 249. The number of hydrogen-bond donors (Lipinski definition) is 1. The first-order valence-corrected chi connectivity index (χ1v) is 5.88. The number of allylic oxidation sites excluding steroid dienone is 6. The molecule has 0 amide bonds. The minimum atomic E-state index is 0. The molecule has 1 aliphatic carbocycles. The molecule has 0 spiro atoms. The fraction of sp³-hybridized carbons (Fsp3) is 0.571. The van der Waals surface area contributed by atoms with E-state index in [4.69, 9.17) is 5.11 Å². The van der Waals surface area contributed by atoms with E-state index in [1.807, 2.05) is 13.8 Å². The van der Waals surface area contributed by atoms with Gasteiger partial charge in [0.15, 0.2) is 0 Å². The first-order chi connectivity index (χ1) is 7.24. The van der Waals surface area contributed by atoms with Crippen LogP contribution in [0.25, 0.3) is 0 Å². The summed E-state index contributed by atoms with van der Waals surface area (Å²) in [4.78, 5) is 0. The molecular weight excluding hydrogens is 200 g/mol. The Labute approximate surface area is 99.7 Å². The fourth-order valence-electron chi connectivity index (χ4n) is 1.49. The molecule has 2 heteroatoms. The molecule has 0 aliphatic heterocycles. The minimum absolute atomic E-state index is 0. The lowest BCUT2D eigenvalue weighted by Crippen LogP contribution is -2.01. The molecule has 0 bridgehead atoms. The Morgan fingerprint density at radius 3 is 2.50 bits per heavy atom. The summed E-state index contributed by atoms with van der Waals surface area (Å²) in [5.41, 5.74) is 2.72. The summed E-state index contributed by atoms with van der Waals surface area (Å²) in [6, 6.07) is 0. The molecule has 1 unspecified atom stereocenters. The third kappa shape index (κ3) is 6.59. The third-order valence-electron chi connectivity index (χ3n) is 2.49. The van der Waals surface area contributed by atoms with Crippen LogP contribution in [0.2, 0.25) is 0 Å². The van der Waals surface area contributed by atoms with Gasteiger partial charge in [-0.1, -0.05) is 56.2 Å². The van der Waals surface area contributed by atoms with Crippen molar-refractivity contribution < 1.29 is 10.6 Å². The Kier molecular flexibility index (Phi) is 11.7. The molecule has 1 aliphatic rings. The van der Waals surface area contributed by atoms with E-state index in [1.165, 1.54) is 11.1 Å². The second kappa shape index (κ2) is 10.7. The van der Waals surface area contributed by atoms with Gasteiger partial charge in [0.05, 0.1) is 0 Å². The molecule has 0 radical (unpaired) electrons. The van der Waals surface area contributed by atoms with Crippen molar-refractivity contribution in [3.63, 3.8) is 0 Å². The lowest BCUT2D eigenvalue weighted by atomic mass is 9.95. The largest absolute Gasteiger partial charge is 0.412 e. The fourth-order valence-corrected chi connectivity index (χ4v) is 1.49. The highest BCUT2D eigenvalue weighted by Gasteiger charge is 2.06. The van der Waals surface area contributed by atoms with Gasteiger partial charge in [-0.3, -0.25) is 0 Å². The molecular formula is C14H26O2. The summed E-state index contributed by atoms with van der Waals surface area (Å²) in [5.74, 6) is 0.497. The van der Waals surface area contributed by atoms with Crippen LogP contribution in [0.15, 0.2) is 35.5 Å². The van der Waals surface area contributed by atoms with Crippen molar-refractivity contribution in [3.05, 3.63) is 35.5 Å². The Balaban J connectivity index is 0. The van der Waals surface area contributed by atoms with Gasteiger partial charge in [-0.25, -0.2) is 0 Å². The quantitative estimate of drug-likeness (QED) is 0.790. The van der Waals surface area contributed by atoms with Crippen LogP contribution in [-0.4, -0.2) is 17.2 Å². The first kappa shape index (κ1) is 17.5. The van der Waals surface area contributed by atoms with E-state index in [2.05, 4.69) is 38.2 Å². The van der Waals surface area contributed by atoms with Crippen LogP contribution in [0, 0.1) is 5.92 Å². The molecule has 94 valence electrons. The molecule has 2 nitrogen and oxygen atoms in total. The predicted molar refractivity (Wildman–Crippen MR) is 71.4 cm³/mol. The summed E-state index contributed by atoms with van der Waals surface area (Å²) in [6.45, 7) is 8.56. The van der Waals surface area contributed by atoms with Gasteiger partial charge in [-0.05, 0) is 25.7 Å². The number of rotatable bonds is 3. The Morgan fingerprint density at radius 1 is 1.31 bits per heavy atom. The highest BCUT2D eigenvalue weighted by molar-refractivity contribution is 5.30. The van der Waals surface area contributed by atoms with Gasteiger partial charge < -0.3 is 10.6 Å². The topological polar surface area (TPSA) is 51.7 Å². The molecule has 0 aromatic carbocycles. The maximum atomic E-state index is 8.83. The van der Waals surface area contributed by atoms with E-state index >= 15 is 0 Å². The summed E-state index contributed by atoms with van der Waals surface area (Å²) in [6.07, 6.45) is 10.6. The van der Waals surface area contributed by atoms with Gasteiger partial charge in [0.2, 0.25) is 0 Å². The van der Waals surface area contributed by atoms with Crippen molar-refractivity contribution in [1.29, 1.82) is 0 Å². The van der Waals surface area contributed by atoms with Gasteiger partial charge in [-0.15, -0.1) is 0 Å². The standard InChI is InChI=1S/C12H18O.C2H6.H2O/c1-10-4-3-5-12(7-6-10)11(2)8-9-13;1-2;/h3-4,6-7,11,13H,5,8-9H2,1-2H3;1-2H3;1H2.